The molecule has 1 atom stereocenters. The summed E-state index contributed by atoms with van der Waals surface area (Å²) in [6.07, 6.45) is 3.44. The number of pyridine rings is 1. The van der Waals surface area contributed by atoms with Crippen LogP contribution in [0.4, 0.5) is 4.39 Å². The fraction of sp³-hybridized carbons (Fsp3) is 0.450. The van der Waals surface area contributed by atoms with E-state index >= 15 is 0 Å². The molecular weight excluding hydrogens is 381 g/mol. The van der Waals surface area contributed by atoms with Crippen molar-refractivity contribution in [2.75, 3.05) is 26.2 Å². The van der Waals surface area contributed by atoms with Crippen molar-refractivity contribution in [1.82, 2.24) is 15.2 Å². The highest BCUT2D eigenvalue weighted by atomic mass is 32.2. The molecule has 28 heavy (non-hydrogen) atoms. The third-order valence-electron chi connectivity index (χ3n) is 4.82. The molecule has 1 N–H and O–H groups in total. The van der Waals surface area contributed by atoms with Gasteiger partial charge >= 0.3 is 0 Å². The van der Waals surface area contributed by atoms with Crippen molar-refractivity contribution < 1.29 is 17.0 Å². The van der Waals surface area contributed by atoms with E-state index in [2.05, 4.69) is 10.3 Å². The van der Waals surface area contributed by atoms with Gasteiger partial charge in [-0.25, -0.2) is 4.39 Å². The minimum atomic E-state index is -3.78. The Bertz CT molecular complexity index is 826. The molecule has 1 aliphatic heterocycles. The number of rotatable bonds is 9. The Kier molecular flexibility index (Phi) is 7.50. The maximum Gasteiger partial charge on any atom is 0.284 e. The molecule has 2 heterocycles. The molecule has 1 unspecified atom stereocenters. The van der Waals surface area contributed by atoms with Crippen molar-refractivity contribution in [2.45, 2.75) is 31.2 Å². The van der Waals surface area contributed by atoms with Gasteiger partial charge in [0.2, 0.25) is 0 Å². The molecule has 1 fully saturated rings. The molecule has 0 amide bonds. The predicted octanol–water partition coefficient (Wildman–Crippen LogP) is 2.32. The minimum absolute atomic E-state index is 0.0657. The van der Waals surface area contributed by atoms with Crippen molar-refractivity contribution in [1.29, 1.82) is 0 Å². The molecule has 6 nitrogen and oxygen atoms in total. The number of benzene rings is 1. The molecule has 0 aliphatic carbocycles. The highest BCUT2D eigenvalue weighted by molar-refractivity contribution is 7.87. The molecule has 1 aromatic heterocycles. The standard InChI is InChI=1S/C20H26FN3O3S/c21-18-9-7-17(8-10-18)4-3-6-20(24-14-12-22-13-15-24)28(25,26)27-16-19-5-1-2-11-23-19/h1-2,5,7-11,20,22H,3-4,6,12-16H2. The highest BCUT2D eigenvalue weighted by Gasteiger charge is 2.33. The molecule has 0 saturated carbocycles. The Labute approximate surface area is 165 Å². The van der Waals surface area contributed by atoms with Gasteiger partial charge in [0.05, 0.1) is 5.69 Å². The van der Waals surface area contributed by atoms with E-state index in [0.717, 1.165) is 18.7 Å². The van der Waals surface area contributed by atoms with Crippen LogP contribution in [0.5, 0.6) is 0 Å². The minimum Gasteiger partial charge on any atom is -0.314 e. The molecule has 0 spiro atoms. The quantitative estimate of drug-likeness (QED) is 0.644. The van der Waals surface area contributed by atoms with Crippen LogP contribution in [0.3, 0.4) is 0 Å². The van der Waals surface area contributed by atoms with E-state index in [1.165, 1.54) is 12.1 Å². The zero-order chi connectivity index (χ0) is 19.8. The van der Waals surface area contributed by atoms with Crippen molar-refractivity contribution in [3.63, 3.8) is 0 Å². The Morgan fingerprint density at radius 2 is 1.89 bits per heavy atom. The van der Waals surface area contributed by atoms with Crippen LogP contribution in [0.1, 0.15) is 24.1 Å². The van der Waals surface area contributed by atoms with E-state index in [1.54, 1.807) is 36.5 Å². The second kappa shape index (κ2) is 10.1. The molecule has 3 rings (SSSR count). The van der Waals surface area contributed by atoms with E-state index < -0.39 is 15.5 Å². The summed E-state index contributed by atoms with van der Waals surface area (Å²) in [4.78, 5) is 6.09. The first kappa shape index (κ1) is 20.9. The molecule has 0 radical (unpaired) electrons. The summed E-state index contributed by atoms with van der Waals surface area (Å²) in [5.41, 5.74) is 1.57. The van der Waals surface area contributed by atoms with Crippen LogP contribution in [0, 0.1) is 5.82 Å². The highest BCUT2D eigenvalue weighted by Crippen LogP contribution is 2.20. The second-order valence-corrected chi connectivity index (χ2v) is 8.60. The first-order valence-electron chi connectivity index (χ1n) is 9.52. The number of halogens is 1. The van der Waals surface area contributed by atoms with E-state index in [-0.39, 0.29) is 12.4 Å². The van der Waals surface area contributed by atoms with E-state index in [4.69, 9.17) is 4.18 Å². The lowest BCUT2D eigenvalue weighted by molar-refractivity contribution is 0.188. The van der Waals surface area contributed by atoms with Crippen LogP contribution < -0.4 is 5.32 Å². The van der Waals surface area contributed by atoms with Crippen LogP contribution in [0.15, 0.2) is 48.7 Å². The Morgan fingerprint density at radius 3 is 2.57 bits per heavy atom. The number of hydrogen-bond acceptors (Lipinski definition) is 6. The first-order valence-corrected chi connectivity index (χ1v) is 11.0. The fourth-order valence-electron chi connectivity index (χ4n) is 3.32. The molecule has 2 aromatic rings. The van der Waals surface area contributed by atoms with Gasteiger partial charge in [-0.1, -0.05) is 18.2 Å². The number of piperazine rings is 1. The summed E-state index contributed by atoms with van der Waals surface area (Å²) >= 11 is 0. The summed E-state index contributed by atoms with van der Waals surface area (Å²) in [6.45, 7) is 2.76. The summed E-state index contributed by atoms with van der Waals surface area (Å²) in [7, 11) is -3.78. The number of hydrogen-bond donors (Lipinski definition) is 1. The number of nitrogens with one attached hydrogen (secondary N) is 1. The van der Waals surface area contributed by atoms with Gasteiger partial charge in [0.25, 0.3) is 10.1 Å². The predicted molar refractivity (Wildman–Crippen MR) is 106 cm³/mol. The van der Waals surface area contributed by atoms with Gasteiger partial charge in [-0.3, -0.25) is 14.1 Å². The zero-order valence-electron chi connectivity index (χ0n) is 15.8. The number of aromatic nitrogens is 1. The lowest BCUT2D eigenvalue weighted by Gasteiger charge is -2.34. The summed E-state index contributed by atoms with van der Waals surface area (Å²) in [6, 6.07) is 11.6. The average molecular weight is 408 g/mol. The maximum atomic E-state index is 13.0. The van der Waals surface area contributed by atoms with E-state index in [1.807, 2.05) is 4.90 Å². The molecule has 152 valence electrons. The van der Waals surface area contributed by atoms with Gasteiger partial charge < -0.3 is 5.32 Å². The van der Waals surface area contributed by atoms with Gasteiger partial charge in [0, 0.05) is 32.4 Å². The van der Waals surface area contributed by atoms with E-state index in [0.29, 0.717) is 38.0 Å². The van der Waals surface area contributed by atoms with Crippen molar-refractivity contribution in [2.24, 2.45) is 0 Å². The van der Waals surface area contributed by atoms with Crippen LogP contribution in [-0.2, 0) is 27.3 Å². The third kappa shape index (κ3) is 6.07. The Morgan fingerprint density at radius 1 is 1.14 bits per heavy atom. The third-order valence-corrected chi connectivity index (χ3v) is 6.47. The molecule has 0 bridgehead atoms. The maximum absolute atomic E-state index is 13.0. The summed E-state index contributed by atoms with van der Waals surface area (Å²) < 4.78 is 44.3. The van der Waals surface area contributed by atoms with Gasteiger partial charge in [0.1, 0.15) is 17.8 Å². The molecule has 1 aliphatic rings. The first-order chi connectivity index (χ1) is 13.5. The summed E-state index contributed by atoms with van der Waals surface area (Å²) in [5.74, 6) is -0.270. The molecule has 1 saturated heterocycles. The van der Waals surface area contributed by atoms with Gasteiger partial charge in [-0.05, 0) is 49.1 Å². The normalized spacial score (nSPS) is 16.8. The number of nitrogens with zero attached hydrogens (tertiary/aromatic N) is 2. The largest absolute Gasteiger partial charge is 0.314 e. The van der Waals surface area contributed by atoms with Crippen molar-refractivity contribution in [3.05, 3.63) is 65.7 Å². The molecule has 1 aromatic carbocycles. The lowest BCUT2D eigenvalue weighted by Crippen LogP contribution is -2.51. The van der Waals surface area contributed by atoms with Gasteiger partial charge in [-0.15, -0.1) is 0 Å². The Hall–Kier alpha value is -1.87. The lowest BCUT2D eigenvalue weighted by atomic mass is 10.1. The zero-order valence-corrected chi connectivity index (χ0v) is 16.6. The van der Waals surface area contributed by atoms with Crippen LogP contribution in [0.2, 0.25) is 0 Å². The average Bonchev–Trinajstić information content (AvgIpc) is 2.72. The second-order valence-electron chi connectivity index (χ2n) is 6.84. The van der Waals surface area contributed by atoms with Crippen molar-refractivity contribution in [3.8, 4) is 0 Å². The van der Waals surface area contributed by atoms with Gasteiger partial charge in [-0.2, -0.15) is 8.42 Å². The summed E-state index contributed by atoms with van der Waals surface area (Å²) in [5, 5.41) is 2.55. The monoisotopic (exact) mass is 407 g/mol. The van der Waals surface area contributed by atoms with Crippen LogP contribution in [-0.4, -0.2) is 49.9 Å². The molecule has 8 heteroatoms. The van der Waals surface area contributed by atoms with Crippen molar-refractivity contribution >= 4 is 10.1 Å². The van der Waals surface area contributed by atoms with E-state index in [9.17, 15) is 12.8 Å². The Balaban J connectivity index is 1.63. The number of aryl methyl sites for hydroxylation is 1. The fourth-order valence-corrected chi connectivity index (χ4v) is 4.79. The van der Waals surface area contributed by atoms with Crippen LogP contribution in [0.25, 0.3) is 0 Å². The van der Waals surface area contributed by atoms with Crippen LogP contribution >= 0.6 is 0 Å². The topological polar surface area (TPSA) is 71.5 Å². The SMILES string of the molecule is O=S(=O)(OCc1ccccn1)C(CCCc1ccc(F)cc1)N1CCNCC1. The molecular formula is C20H26FN3O3S. The van der Waals surface area contributed by atoms with Gasteiger partial charge in [0.15, 0.2) is 0 Å². The smallest absolute Gasteiger partial charge is 0.284 e.